The van der Waals surface area contributed by atoms with E-state index in [-0.39, 0.29) is 30.2 Å². The summed E-state index contributed by atoms with van der Waals surface area (Å²) in [6.07, 6.45) is 5.81. The summed E-state index contributed by atoms with van der Waals surface area (Å²) in [5.41, 5.74) is 0.578. The molecule has 0 saturated carbocycles. The number of pyridine rings is 1. The first-order valence-electron chi connectivity index (χ1n) is 11.0. The van der Waals surface area contributed by atoms with Gasteiger partial charge in [-0.2, -0.15) is 14.8 Å². The molecule has 1 atom stereocenters. The molecule has 0 spiro atoms. The van der Waals surface area contributed by atoms with Gasteiger partial charge in [0, 0.05) is 45.0 Å². The standard InChI is InChI=1S/C21H22F2N10O2/c1-13-27-18(12-34)29-32(13)19-16(23)11-25-20(28-19)30-4-6-31(7-5-30)21(35)33-17(2-3-26-33)14-8-15(22)10-24-9-14/h3,8-11,17,34H,2,4-7,12H2,1H3/t17-/m0/s1. The number of carbonyl (C=O) groups excluding carboxylic acids is 1. The number of hydrogen-bond donors (Lipinski definition) is 1. The van der Waals surface area contributed by atoms with Crippen molar-refractivity contribution in [3.05, 3.63) is 53.5 Å². The number of aliphatic hydroxyl groups excluding tert-OH is 1. The minimum Gasteiger partial charge on any atom is -0.388 e. The number of urea groups is 1. The molecule has 182 valence electrons. The summed E-state index contributed by atoms with van der Waals surface area (Å²) in [6.45, 7) is 2.82. The van der Waals surface area contributed by atoms with Gasteiger partial charge in [-0.15, -0.1) is 5.10 Å². The van der Waals surface area contributed by atoms with Crippen LogP contribution in [0.5, 0.6) is 0 Å². The number of amides is 2. The van der Waals surface area contributed by atoms with Crippen molar-refractivity contribution in [1.82, 2.24) is 39.6 Å². The molecule has 0 bridgehead atoms. The Morgan fingerprint density at radius 3 is 2.66 bits per heavy atom. The van der Waals surface area contributed by atoms with Crippen LogP contribution in [0, 0.1) is 18.6 Å². The second-order valence-corrected chi connectivity index (χ2v) is 8.07. The average molecular weight is 484 g/mol. The van der Waals surface area contributed by atoms with Gasteiger partial charge >= 0.3 is 6.03 Å². The maximum absolute atomic E-state index is 14.5. The van der Waals surface area contributed by atoms with Crippen LogP contribution in [0.25, 0.3) is 5.82 Å². The first kappa shape index (κ1) is 22.7. The van der Waals surface area contributed by atoms with E-state index in [1.165, 1.54) is 22.0 Å². The smallest absolute Gasteiger partial charge is 0.341 e. The number of hydrazone groups is 1. The Kier molecular flexibility index (Phi) is 6.03. The molecule has 35 heavy (non-hydrogen) atoms. The molecule has 2 amide bonds. The Morgan fingerprint density at radius 2 is 1.94 bits per heavy atom. The normalized spacial score (nSPS) is 17.9. The average Bonchev–Trinajstić information content (AvgIpc) is 3.51. The SMILES string of the molecule is Cc1nc(CO)nn1-c1nc(N2CCN(C(=O)N3N=CC[C@H]3c3cncc(F)c3)CC2)ncc1F. The first-order chi connectivity index (χ1) is 16.9. The van der Waals surface area contributed by atoms with E-state index in [1.807, 2.05) is 4.90 Å². The van der Waals surface area contributed by atoms with Crippen LogP contribution >= 0.6 is 0 Å². The van der Waals surface area contributed by atoms with E-state index in [4.69, 9.17) is 0 Å². The van der Waals surface area contributed by atoms with Crippen molar-refractivity contribution in [2.45, 2.75) is 26.0 Å². The highest BCUT2D eigenvalue weighted by Crippen LogP contribution is 2.29. The fraction of sp³-hybridized carbons (Fsp3) is 0.381. The summed E-state index contributed by atoms with van der Waals surface area (Å²) in [5.74, 6) is -0.395. The monoisotopic (exact) mass is 484 g/mol. The number of halogens is 2. The Labute approximate surface area is 198 Å². The topological polar surface area (TPSA) is 129 Å². The van der Waals surface area contributed by atoms with Gasteiger partial charge < -0.3 is 14.9 Å². The lowest BCUT2D eigenvalue weighted by molar-refractivity contribution is 0.139. The number of aliphatic hydroxyl groups is 1. The van der Waals surface area contributed by atoms with Crippen molar-refractivity contribution in [3.8, 4) is 5.82 Å². The van der Waals surface area contributed by atoms with E-state index in [0.29, 0.717) is 44.0 Å². The molecule has 0 unspecified atom stereocenters. The third-order valence-corrected chi connectivity index (χ3v) is 5.84. The van der Waals surface area contributed by atoms with Crippen molar-refractivity contribution in [2.75, 3.05) is 31.1 Å². The quantitative estimate of drug-likeness (QED) is 0.585. The van der Waals surface area contributed by atoms with Gasteiger partial charge in [-0.1, -0.05) is 0 Å². The van der Waals surface area contributed by atoms with Gasteiger partial charge in [-0.05, 0) is 18.6 Å². The fourth-order valence-corrected chi connectivity index (χ4v) is 4.09. The van der Waals surface area contributed by atoms with Crippen LogP contribution in [0.4, 0.5) is 19.5 Å². The summed E-state index contributed by atoms with van der Waals surface area (Å²) < 4.78 is 29.3. The lowest BCUT2D eigenvalue weighted by Crippen LogP contribution is -2.52. The van der Waals surface area contributed by atoms with Crippen LogP contribution in [-0.2, 0) is 6.61 Å². The highest BCUT2D eigenvalue weighted by molar-refractivity contribution is 5.78. The molecule has 3 aromatic heterocycles. The van der Waals surface area contributed by atoms with Gasteiger partial charge in [0.25, 0.3) is 0 Å². The minimum absolute atomic E-state index is 0.0730. The molecule has 1 saturated heterocycles. The second-order valence-electron chi connectivity index (χ2n) is 8.07. The molecule has 0 radical (unpaired) electrons. The molecule has 12 nitrogen and oxygen atoms in total. The molecule has 2 aliphatic rings. The Morgan fingerprint density at radius 1 is 1.14 bits per heavy atom. The Hall–Kier alpha value is -4.07. The first-order valence-corrected chi connectivity index (χ1v) is 11.0. The van der Waals surface area contributed by atoms with E-state index in [2.05, 4.69) is 30.1 Å². The summed E-state index contributed by atoms with van der Waals surface area (Å²) >= 11 is 0. The highest BCUT2D eigenvalue weighted by Gasteiger charge is 2.34. The molecule has 5 rings (SSSR count). The fourth-order valence-electron chi connectivity index (χ4n) is 4.09. The predicted molar refractivity (Wildman–Crippen MR) is 119 cm³/mol. The molecule has 5 heterocycles. The zero-order valence-electron chi connectivity index (χ0n) is 18.8. The molecule has 0 aromatic carbocycles. The van der Waals surface area contributed by atoms with Crippen LogP contribution < -0.4 is 4.90 Å². The maximum Gasteiger partial charge on any atom is 0.341 e. The Balaban J connectivity index is 1.28. The van der Waals surface area contributed by atoms with Crippen molar-refractivity contribution < 1.29 is 18.7 Å². The number of anilines is 1. The highest BCUT2D eigenvalue weighted by atomic mass is 19.1. The lowest BCUT2D eigenvalue weighted by Gasteiger charge is -2.37. The van der Waals surface area contributed by atoms with E-state index < -0.39 is 17.7 Å². The molecule has 0 aliphatic carbocycles. The van der Waals surface area contributed by atoms with E-state index in [1.54, 1.807) is 18.0 Å². The molecule has 1 fully saturated rings. The van der Waals surface area contributed by atoms with E-state index in [9.17, 15) is 18.7 Å². The summed E-state index contributed by atoms with van der Waals surface area (Å²) in [4.78, 5) is 33.0. The van der Waals surface area contributed by atoms with Gasteiger partial charge in [0.2, 0.25) is 5.95 Å². The lowest BCUT2D eigenvalue weighted by atomic mass is 10.1. The molecule has 14 heteroatoms. The van der Waals surface area contributed by atoms with Crippen molar-refractivity contribution >= 4 is 18.2 Å². The van der Waals surface area contributed by atoms with Gasteiger partial charge in [-0.25, -0.2) is 28.6 Å². The van der Waals surface area contributed by atoms with Crippen LogP contribution in [-0.4, -0.2) is 83.2 Å². The maximum atomic E-state index is 14.5. The summed E-state index contributed by atoms with van der Waals surface area (Å²) in [5, 5.41) is 18.9. The third-order valence-electron chi connectivity index (χ3n) is 5.84. The molecule has 1 N–H and O–H groups in total. The van der Waals surface area contributed by atoms with Crippen molar-refractivity contribution in [2.24, 2.45) is 5.10 Å². The number of nitrogens with zero attached hydrogens (tertiary/aromatic N) is 10. The van der Waals surface area contributed by atoms with Gasteiger partial charge in [0.05, 0.1) is 18.4 Å². The van der Waals surface area contributed by atoms with E-state index in [0.717, 1.165) is 12.4 Å². The van der Waals surface area contributed by atoms with Crippen LogP contribution in [0.1, 0.15) is 29.7 Å². The van der Waals surface area contributed by atoms with Crippen LogP contribution in [0.3, 0.4) is 0 Å². The predicted octanol–water partition coefficient (Wildman–Crippen LogP) is 1.21. The number of carbonyl (C=O) groups is 1. The van der Waals surface area contributed by atoms with Crippen LogP contribution in [0.15, 0.2) is 29.8 Å². The number of aromatic nitrogens is 6. The molecular formula is C21H22F2N10O2. The largest absolute Gasteiger partial charge is 0.388 e. The number of rotatable bonds is 4. The zero-order valence-corrected chi connectivity index (χ0v) is 18.8. The molecular weight excluding hydrogens is 462 g/mol. The van der Waals surface area contributed by atoms with Gasteiger partial charge in [0.15, 0.2) is 17.5 Å². The zero-order chi connectivity index (χ0) is 24.5. The van der Waals surface area contributed by atoms with Gasteiger partial charge in [-0.3, -0.25) is 4.98 Å². The van der Waals surface area contributed by atoms with Crippen LogP contribution in [0.2, 0.25) is 0 Å². The van der Waals surface area contributed by atoms with Crippen molar-refractivity contribution in [3.63, 3.8) is 0 Å². The summed E-state index contributed by atoms with van der Waals surface area (Å²) in [7, 11) is 0. The second kappa shape index (κ2) is 9.29. The summed E-state index contributed by atoms with van der Waals surface area (Å²) in [6, 6.07) is 0.651. The van der Waals surface area contributed by atoms with Crippen molar-refractivity contribution in [1.29, 1.82) is 0 Å². The third kappa shape index (κ3) is 4.39. The molecule has 3 aromatic rings. The van der Waals surface area contributed by atoms with E-state index >= 15 is 0 Å². The minimum atomic E-state index is -0.676. The molecule has 2 aliphatic heterocycles. The Bertz CT molecular complexity index is 1270. The van der Waals surface area contributed by atoms with Gasteiger partial charge in [0.1, 0.15) is 18.2 Å². The number of aryl methyl sites for hydroxylation is 1. The number of hydrogen-bond acceptors (Lipinski definition) is 9. The number of piperazine rings is 1.